The van der Waals surface area contributed by atoms with Crippen molar-refractivity contribution in [3.05, 3.63) is 34.3 Å². The van der Waals surface area contributed by atoms with Crippen LogP contribution in [0.2, 0.25) is 0 Å². The number of nitrogens with zero attached hydrogens (tertiary/aromatic N) is 2. The minimum atomic E-state index is 0.152. The van der Waals surface area contributed by atoms with E-state index in [9.17, 15) is 0 Å². The van der Waals surface area contributed by atoms with E-state index in [0.29, 0.717) is 6.04 Å². The fraction of sp³-hybridized carbons (Fsp3) is 0.647. The SMILES string of the molecule is CC(N)C(c1ccc(Br)cc1)N1CCCN2CCCC2C1. The summed E-state index contributed by atoms with van der Waals surface area (Å²) in [6.45, 7) is 7.02. The first-order valence-electron chi connectivity index (χ1n) is 8.14. The van der Waals surface area contributed by atoms with Crippen molar-refractivity contribution in [1.82, 2.24) is 9.80 Å². The summed E-state index contributed by atoms with van der Waals surface area (Å²) in [5, 5.41) is 0. The first kappa shape index (κ1) is 15.5. The van der Waals surface area contributed by atoms with Gasteiger partial charge in [0.25, 0.3) is 0 Å². The molecule has 0 amide bonds. The molecule has 116 valence electrons. The molecule has 2 saturated heterocycles. The molecule has 0 radical (unpaired) electrons. The van der Waals surface area contributed by atoms with E-state index < -0.39 is 0 Å². The van der Waals surface area contributed by atoms with Gasteiger partial charge in [0.15, 0.2) is 0 Å². The molecule has 1 aromatic rings. The second-order valence-electron chi connectivity index (χ2n) is 6.54. The van der Waals surface area contributed by atoms with Crippen LogP contribution >= 0.6 is 15.9 Å². The zero-order chi connectivity index (χ0) is 14.8. The lowest BCUT2D eigenvalue weighted by atomic mass is 9.98. The Bertz CT molecular complexity index is 460. The van der Waals surface area contributed by atoms with Gasteiger partial charge in [-0.15, -0.1) is 0 Å². The van der Waals surface area contributed by atoms with Crippen LogP contribution in [-0.2, 0) is 0 Å². The second kappa shape index (κ2) is 6.78. The maximum Gasteiger partial charge on any atom is 0.0497 e. The summed E-state index contributed by atoms with van der Waals surface area (Å²) in [5.41, 5.74) is 7.71. The van der Waals surface area contributed by atoms with Crippen LogP contribution in [0.15, 0.2) is 28.7 Å². The normalized spacial score (nSPS) is 27.1. The largest absolute Gasteiger partial charge is 0.326 e. The lowest BCUT2D eigenvalue weighted by Gasteiger charge is -2.35. The molecule has 2 heterocycles. The van der Waals surface area contributed by atoms with Crippen LogP contribution in [0.25, 0.3) is 0 Å². The summed E-state index contributed by atoms with van der Waals surface area (Å²) in [7, 11) is 0. The Morgan fingerprint density at radius 1 is 1.14 bits per heavy atom. The van der Waals surface area contributed by atoms with Crippen molar-refractivity contribution in [2.45, 2.75) is 44.3 Å². The highest BCUT2D eigenvalue weighted by molar-refractivity contribution is 9.10. The molecule has 2 fully saturated rings. The smallest absolute Gasteiger partial charge is 0.0497 e. The lowest BCUT2D eigenvalue weighted by Crippen LogP contribution is -2.43. The minimum Gasteiger partial charge on any atom is -0.326 e. The van der Waals surface area contributed by atoms with Crippen molar-refractivity contribution in [3.63, 3.8) is 0 Å². The van der Waals surface area contributed by atoms with Crippen molar-refractivity contribution in [2.24, 2.45) is 5.73 Å². The third kappa shape index (κ3) is 3.50. The third-order valence-electron chi connectivity index (χ3n) is 4.94. The van der Waals surface area contributed by atoms with Gasteiger partial charge in [-0.1, -0.05) is 28.1 Å². The zero-order valence-electron chi connectivity index (χ0n) is 12.8. The molecule has 3 unspecified atom stereocenters. The number of halogens is 1. The number of hydrogen-bond donors (Lipinski definition) is 1. The molecule has 3 rings (SSSR count). The van der Waals surface area contributed by atoms with Gasteiger partial charge in [-0.05, 0) is 57.0 Å². The lowest BCUT2D eigenvalue weighted by molar-refractivity contribution is 0.157. The summed E-state index contributed by atoms with van der Waals surface area (Å²) < 4.78 is 1.13. The van der Waals surface area contributed by atoms with E-state index in [1.807, 2.05) is 0 Å². The van der Waals surface area contributed by atoms with Gasteiger partial charge >= 0.3 is 0 Å². The van der Waals surface area contributed by atoms with Crippen LogP contribution in [0.4, 0.5) is 0 Å². The van der Waals surface area contributed by atoms with Gasteiger partial charge in [0.1, 0.15) is 0 Å². The highest BCUT2D eigenvalue weighted by Gasteiger charge is 2.33. The average molecular weight is 352 g/mol. The van der Waals surface area contributed by atoms with Gasteiger partial charge in [0.05, 0.1) is 0 Å². The predicted molar refractivity (Wildman–Crippen MR) is 91.3 cm³/mol. The molecule has 21 heavy (non-hydrogen) atoms. The Morgan fingerprint density at radius 3 is 2.57 bits per heavy atom. The molecule has 0 aromatic heterocycles. The van der Waals surface area contributed by atoms with Crippen LogP contribution < -0.4 is 5.73 Å². The zero-order valence-corrected chi connectivity index (χ0v) is 14.4. The molecule has 0 spiro atoms. The highest BCUT2D eigenvalue weighted by Crippen LogP contribution is 2.30. The molecule has 2 N–H and O–H groups in total. The van der Waals surface area contributed by atoms with Gasteiger partial charge in [-0.3, -0.25) is 9.80 Å². The van der Waals surface area contributed by atoms with E-state index in [1.54, 1.807) is 0 Å². The third-order valence-corrected chi connectivity index (χ3v) is 5.47. The number of hydrogen-bond acceptors (Lipinski definition) is 3. The molecule has 3 nitrogen and oxygen atoms in total. The fourth-order valence-corrected chi connectivity index (χ4v) is 4.26. The Balaban J connectivity index is 1.81. The first-order chi connectivity index (χ1) is 10.1. The maximum atomic E-state index is 6.36. The maximum absolute atomic E-state index is 6.36. The topological polar surface area (TPSA) is 32.5 Å². The van der Waals surface area contributed by atoms with Crippen LogP contribution in [-0.4, -0.2) is 48.1 Å². The summed E-state index contributed by atoms with van der Waals surface area (Å²) in [6, 6.07) is 9.92. The van der Waals surface area contributed by atoms with Gasteiger partial charge in [0.2, 0.25) is 0 Å². The Kier molecular flexibility index (Phi) is 4.99. The molecular formula is C17H26BrN3. The molecule has 2 aliphatic rings. The number of rotatable bonds is 3. The molecule has 4 heteroatoms. The summed E-state index contributed by atoms with van der Waals surface area (Å²) >= 11 is 3.53. The van der Waals surface area contributed by atoms with Crippen molar-refractivity contribution < 1.29 is 0 Å². The molecule has 1 aromatic carbocycles. The monoisotopic (exact) mass is 351 g/mol. The Labute approximate surface area is 136 Å². The second-order valence-corrected chi connectivity index (χ2v) is 7.45. The van der Waals surface area contributed by atoms with Crippen LogP contribution in [0.3, 0.4) is 0 Å². The van der Waals surface area contributed by atoms with E-state index in [1.165, 1.54) is 44.5 Å². The van der Waals surface area contributed by atoms with E-state index in [2.05, 4.69) is 56.9 Å². The number of benzene rings is 1. The van der Waals surface area contributed by atoms with E-state index in [0.717, 1.165) is 17.1 Å². The molecule has 0 aliphatic carbocycles. The minimum absolute atomic E-state index is 0.152. The highest BCUT2D eigenvalue weighted by atomic mass is 79.9. The molecule has 0 saturated carbocycles. The van der Waals surface area contributed by atoms with Crippen LogP contribution in [0.5, 0.6) is 0 Å². The predicted octanol–water partition coefficient (Wildman–Crippen LogP) is 3.01. The van der Waals surface area contributed by atoms with Gasteiger partial charge in [0, 0.05) is 35.7 Å². The van der Waals surface area contributed by atoms with Gasteiger partial charge < -0.3 is 5.73 Å². The van der Waals surface area contributed by atoms with E-state index in [-0.39, 0.29) is 6.04 Å². The van der Waals surface area contributed by atoms with Crippen LogP contribution in [0, 0.1) is 0 Å². The van der Waals surface area contributed by atoms with Crippen molar-refractivity contribution in [1.29, 1.82) is 0 Å². The first-order valence-corrected chi connectivity index (χ1v) is 8.93. The molecule has 3 atom stereocenters. The van der Waals surface area contributed by atoms with Crippen LogP contribution in [0.1, 0.15) is 37.8 Å². The van der Waals surface area contributed by atoms with Crippen molar-refractivity contribution in [2.75, 3.05) is 26.2 Å². The van der Waals surface area contributed by atoms with Crippen molar-refractivity contribution in [3.8, 4) is 0 Å². The molecule has 2 aliphatic heterocycles. The summed E-state index contributed by atoms with van der Waals surface area (Å²) in [6.07, 6.45) is 3.97. The Morgan fingerprint density at radius 2 is 1.86 bits per heavy atom. The number of fused-ring (bicyclic) bond motifs is 1. The van der Waals surface area contributed by atoms with Gasteiger partial charge in [-0.25, -0.2) is 0 Å². The van der Waals surface area contributed by atoms with Crippen molar-refractivity contribution >= 4 is 15.9 Å². The standard InChI is InChI=1S/C17H26BrN3/c1-13(19)17(14-5-7-15(18)8-6-14)21-11-3-10-20-9-2-4-16(20)12-21/h5-8,13,16-17H,2-4,9-12,19H2,1H3. The quantitative estimate of drug-likeness (QED) is 0.908. The van der Waals surface area contributed by atoms with E-state index >= 15 is 0 Å². The number of nitrogens with two attached hydrogens (primary N) is 1. The van der Waals surface area contributed by atoms with Gasteiger partial charge in [-0.2, -0.15) is 0 Å². The molecule has 0 bridgehead atoms. The van der Waals surface area contributed by atoms with E-state index in [4.69, 9.17) is 5.73 Å². The summed E-state index contributed by atoms with van der Waals surface area (Å²) in [4.78, 5) is 5.31. The molecular weight excluding hydrogens is 326 g/mol. The fourth-order valence-electron chi connectivity index (χ4n) is 3.99. The summed E-state index contributed by atoms with van der Waals surface area (Å²) in [5.74, 6) is 0. The average Bonchev–Trinajstić information content (AvgIpc) is 2.79. The Hall–Kier alpha value is -0.420.